The predicted molar refractivity (Wildman–Crippen MR) is 53.2 cm³/mol. The van der Waals surface area contributed by atoms with E-state index in [2.05, 4.69) is 6.92 Å². The quantitative estimate of drug-likeness (QED) is 0.709. The van der Waals surface area contributed by atoms with Crippen molar-refractivity contribution in [3.63, 3.8) is 0 Å². The van der Waals surface area contributed by atoms with Gasteiger partial charge in [-0.2, -0.15) is 0 Å². The molecule has 0 spiro atoms. The Hall–Kier alpha value is 0.358. The van der Waals surface area contributed by atoms with Crippen molar-refractivity contribution in [3.8, 4) is 0 Å². The normalized spacial score (nSPS) is 13.0. The molecule has 1 atom stereocenters. The van der Waals surface area contributed by atoms with Gasteiger partial charge in [0.05, 0.1) is 0 Å². The first-order valence-electron chi connectivity index (χ1n) is 3.43. The Kier molecular flexibility index (Phi) is 3.78. The zero-order valence-electron chi connectivity index (χ0n) is 6.22. The average molecular weight is 251 g/mol. The topological polar surface area (TPSA) is 0 Å². The summed E-state index contributed by atoms with van der Waals surface area (Å²) in [6.45, 7) is 2.13. The van der Waals surface area contributed by atoms with Gasteiger partial charge in [-0.1, -0.05) is 0 Å². The van der Waals surface area contributed by atoms with E-state index in [4.69, 9.17) is 21.6 Å². The molecule has 0 radical (unpaired) electrons. The fourth-order valence-electron chi connectivity index (χ4n) is 0.785. The van der Waals surface area contributed by atoms with Crippen LogP contribution in [0.2, 0.25) is 10.2 Å². The summed E-state index contributed by atoms with van der Waals surface area (Å²) in [6, 6.07) is 7.85. The first-order chi connectivity index (χ1) is 5.24. The molecule has 1 rings (SSSR count). The Morgan fingerprint density at radius 2 is 1.82 bits per heavy atom. The van der Waals surface area contributed by atoms with Crippen LogP contribution in [0.15, 0.2) is 24.3 Å². The van der Waals surface area contributed by atoms with Crippen LogP contribution in [0.1, 0.15) is 6.92 Å². The summed E-state index contributed by atoms with van der Waals surface area (Å²) in [5, 5.41) is 1.87. The molecular formula is C8H9AsCl2. The van der Waals surface area contributed by atoms with Crippen molar-refractivity contribution in [1.29, 1.82) is 0 Å². The van der Waals surface area contributed by atoms with Crippen molar-refractivity contribution >= 4 is 39.6 Å². The average Bonchev–Trinajstić information content (AvgIpc) is 2.05. The fraction of sp³-hybridized carbons (Fsp3) is 0.250. The van der Waals surface area contributed by atoms with Gasteiger partial charge in [0.2, 0.25) is 0 Å². The van der Waals surface area contributed by atoms with Crippen LogP contribution in [-0.4, -0.2) is 13.7 Å². The molecule has 0 saturated heterocycles. The first kappa shape index (κ1) is 9.45. The monoisotopic (exact) mass is 250 g/mol. The van der Waals surface area contributed by atoms with Gasteiger partial charge in [0.25, 0.3) is 0 Å². The second-order valence-corrected chi connectivity index (χ2v) is 8.64. The van der Waals surface area contributed by atoms with Gasteiger partial charge in [0, 0.05) is 0 Å². The van der Waals surface area contributed by atoms with Gasteiger partial charge in [0.15, 0.2) is 0 Å². The molecule has 0 fully saturated rings. The van der Waals surface area contributed by atoms with Crippen molar-refractivity contribution in [2.24, 2.45) is 0 Å². The van der Waals surface area contributed by atoms with Crippen LogP contribution < -0.4 is 4.35 Å². The number of benzene rings is 1. The van der Waals surface area contributed by atoms with Crippen LogP contribution >= 0.6 is 21.6 Å². The molecule has 0 nitrogen and oxygen atoms in total. The number of hydrogen-bond donors (Lipinski definition) is 0. The third-order valence-electron chi connectivity index (χ3n) is 1.38. The summed E-state index contributed by atoms with van der Waals surface area (Å²) in [6.07, 6.45) is 0. The molecule has 0 aliphatic carbocycles. The Morgan fingerprint density at radius 3 is 2.27 bits per heavy atom. The molecule has 0 N–H and O–H groups in total. The predicted octanol–water partition coefficient (Wildman–Crippen LogP) is 2.80. The fourth-order valence-corrected chi connectivity index (χ4v) is 3.25. The molecule has 0 heterocycles. The van der Waals surface area contributed by atoms with Gasteiger partial charge in [-0.05, 0) is 0 Å². The molecular weight excluding hydrogens is 242 g/mol. The number of halogens is 2. The minimum absolute atomic E-state index is 0.781. The van der Waals surface area contributed by atoms with Crippen molar-refractivity contribution in [1.82, 2.24) is 0 Å². The maximum absolute atomic E-state index is 6.15. The molecule has 0 amide bonds. The van der Waals surface area contributed by atoms with Crippen LogP contribution in [0, 0.1) is 0 Å². The van der Waals surface area contributed by atoms with E-state index in [1.807, 2.05) is 24.3 Å². The molecule has 0 aromatic heterocycles. The molecule has 11 heavy (non-hydrogen) atoms. The molecule has 1 unspecified atom stereocenters. The van der Waals surface area contributed by atoms with Crippen LogP contribution in [0.4, 0.5) is 0 Å². The van der Waals surface area contributed by atoms with Crippen LogP contribution in [-0.2, 0) is 0 Å². The molecule has 1 aromatic rings. The van der Waals surface area contributed by atoms with E-state index in [-0.39, 0.29) is 0 Å². The zero-order chi connectivity index (χ0) is 8.27. The van der Waals surface area contributed by atoms with E-state index >= 15 is 0 Å². The standard InChI is InChI=1S/C8H9AsCl2/c1-2-9(11)7-3-5-8(10)6-4-7/h3-6H,2H2,1H3. The molecule has 60 valence electrons. The second-order valence-electron chi connectivity index (χ2n) is 2.15. The Balaban J connectivity index is 2.81. The summed E-state index contributed by atoms with van der Waals surface area (Å²) in [4.78, 5) is 0. The molecule has 0 bridgehead atoms. The van der Waals surface area contributed by atoms with Crippen LogP contribution in [0.3, 0.4) is 0 Å². The summed E-state index contributed by atoms with van der Waals surface area (Å²) in [7, 11) is 6.15. The SMILES string of the molecule is CC[As](Cl)c1ccc(Cl)cc1. The molecule has 0 aliphatic heterocycles. The summed E-state index contributed by atoms with van der Waals surface area (Å²) in [5.74, 6) is 0. The minimum atomic E-state index is -1.21. The molecule has 1 aromatic carbocycles. The van der Waals surface area contributed by atoms with Crippen molar-refractivity contribution < 1.29 is 0 Å². The van der Waals surface area contributed by atoms with Crippen molar-refractivity contribution in [2.45, 2.75) is 12.1 Å². The van der Waals surface area contributed by atoms with E-state index in [0.29, 0.717) is 0 Å². The van der Waals surface area contributed by atoms with Gasteiger partial charge in [-0.15, -0.1) is 0 Å². The number of rotatable bonds is 2. The Bertz CT molecular complexity index is 220. The van der Waals surface area contributed by atoms with Crippen molar-refractivity contribution in [2.75, 3.05) is 0 Å². The van der Waals surface area contributed by atoms with Crippen molar-refractivity contribution in [3.05, 3.63) is 29.3 Å². The van der Waals surface area contributed by atoms with E-state index in [1.54, 1.807) is 0 Å². The molecule has 3 heteroatoms. The van der Waals surface area contributed by atoms with Gasteiger partial charge in [0.1, 0.15) is 0 Å². The summed E-state index contributed by atoms with van der Waals surface area (Å²) >= 11 is 4.52. The van der Waals surface area contributed by atoms with Gasteiger partial charge < -0.3 is 0 Å². The van der Waals surface area contributed by atoms with Crippen LogP contribution in [0.5, 0.6) is 0 Å². The zero-order valence-corrected chi connectivity index (χ0v) is 9.61. The third kappa shape index (κ3) is 2.70. The van der Waals surface area contributed by atoms with E-state index in [0.717, 1.165) is 10.2 Å². The molecule has 0 aliphatic rings. The molecule has 0 saturated carbocycles. The van der Waals surface area contributed by atoms with Gasteiger partial charge in [-0.25, -0.2) is 0 Å². The second kappa shape index (κ2) is 4.40. The van der Waals surface area contributed by atoms with E-state index < -0.39 is 13.7 Å². The van der Waals surface area contributed by atoms with Gasteiger partial charge in [-0.3, -0.25) is 0 Å². The Labute approximate surface area is 80.9 Å². The number of hydrogen-bond acceptors (Lipinski definition) is 0. The van der Waals surface area contributed by atoms with E-state index in [9.17, 15) is 0 Å². The van der Waals surface area contributed by atoms with Gasteiger partial charge >= 0.3 is 81.0 Å². The maximum atomic E-state index is 6.15. The Morgan fingerprint density at radius 1 is 1.27 bits per heavy atom. The first-order valence-corrected chi connectivity index (χ1v) is 8.54. The van der Waals surface area contributed by atoms with Crippen LogP contribution in [0.25, 0.3) is 0 Å². The third-order valence-corrected chi connectivity index (χ3v) is 6.86. The summed E-state index contributed by atoms with van der Waals surface area (Å²) < 4.78 is 1.28. The summed E-state index contributed by atoms with van der Waals surface area (Å²) in [5.41, 5.74) is 0. The van der Waals surface area contributed by atoms with E-state index in [1.165, 1.54) is 4.35 Å².